The molecule has 0 radical (unpaired) electrons. The maximum atomic E-state index is 11.3. The van der Waals surface area contributed by atoms with Crippen molar-refractivity contribution in [3.8, 4) is 0 Å². The van der Waals surface area contributed by atoms with Crippen LogP contribution in [0.5, 0.6) is 0 Å². The summed E-state index contributed by atoms with van der Waals surface area (Å²) in [6, 6.07) is 0. The van der Waals surface area contributed by atoms with E-state index < -0.39 is 11.9 Å². The number of H-pyrrole nitrogens is 1. The van der Waals surface area contributed by atoms with E-state index in [1.54, 1.807) is 6.92 Å². The SMILES string of the molecule is CCOC(=O)c1[nH]cnc1NC(=O)CCl. The molecule has 0 atom stereocenters. The highest BCUT2D eigenvalue weighted by atomic mass is 35.5. The smallest absolute Gasteiger partial charge is 0.358 e. The fraction of sp³-hybridized carbons (Fsp3) is 0.375. The van der Waals surface area contributed by atoms with Crippen LogP contribution in [0, 0.1) is 0 Å². The molecule has 2 N–H and O–H groups in total. The van der Waals surface area contributed by atoms with Crippen molar-refractivity contribution in [1.29, 1.82) is 0 Å². The first kappa shape index (κ1) is 11.5. The molecule has 6 nitrogen and oxygen atoms in total. The quantitative estimate of drug-likeness (QED) is 0.592. The van der Waals surface area contributed by atoms with Gasteiger partial charge in [-0.3, -0.25) is 4.79 Å². The van der Waals surface area contributed by atoms with Crippen molar-refractivity contribution >= 4 is 29.3 Å². The first-order chi connectivity index (χ1) is 7.19. The number of hydrogen-bond donors (Lipinski definition) is 2. The molecule has 0 aromatic carbocycles. The van der Waals surface area contributed by atoms with Gasteiger partial charge in [-0.25, -0.2) is 9.78 Å². The minimum atomic E-state index is -0.570. The Morgan fingerprint density at radius 2 is 2.40 bits per heavy atom. The molecule has 1 amide bonds. The van der Waals surface area contributed by atoms with Crippen LogP contribution in [-0.4, -0.2) is 34.3 Å². The number of amides is 1. The fourth-order valence-electron chi connectivity index (χ4n) is 0.913. The first-order valence-electron chi connectivity index (χ1n) is 4.25. The third-order valence-corrected chi connectivity index (χ3v) is 1.74. The van der Waals surface area contributed by atoms with Crippen LogP contribution in [0.3, 0.4) is 0 Å². The minimum absolute atomic E-state index is 0.107. The number of imidazole rings is 1. The number of anilines is 1. The fourth-order valence-corrected chi connectivity index (χ4v) is 0.980. The average molecular weight is 232 g/mol. The molecule has 0 bridgehead atoms. The van der Waals surface area contributed by atoms with E-state index in [2.05, 4.69) is 15.3 Å². The summed E-state index contributed by atoms with van der Waals surface area (Å²) in [6.07, 6.45) is 1.29. The largest absolute Gasteiger partial charge is 0.461 e. The Bertz CT molecular complexity index is 364. The van der Waals surface area contributed by atoms with Gasteiger partial charge in [0.2, 0.25) is 5.91 Å². The third kappa shape index (κ3) is 2.95. The van der Waals surface area contributed by atoms with Crippen molar-refractivity contribution in [3.63, 3.8) is 0 Å². The molecule has 7 heteroatoms. The lowest BCUT2D eigenvalue weighted by molar-refractivity contribution is -0.113. The number of carbonyl (C=O) groups excluding carboxylic acids is 2. The van der Waals surface area contributed by atoms with Gasteiger partial charge in [0.25, 0.3) is 0 Å². The van der Waals surface area contributed by atoms with Gasteiger partial charge in [0.05, 0.1) is 12.9 Å². The van der Waals surface area contributed by atoms with Crippen molar-refractivity contribution < 1.29 is 14.3 Å². The summed E-state index contributed by atoms with van der Waals surface area (Å²) in [6.45, 7) is 1.94. The predicted octanol–water partition coefficient (Wildman–Crippen LogP) is 0.764. The predicted molar refractivity (Wildman–Crippen MR) is 53.9 cm³/mol. The molecular weight excluding hydrogens is 222 g/mol. The number of ether oxygens (including phenoxy) is 1. The van der Waals surface area contributed by atoms with Crippen molar-refractivity contribution in [2.45, 2.75) is 6.92 Å². The summed E-state index contributed by atoms with van der Waals surface area (Å²) in [5.41, 5.74) is 0.107. The second-order valence-electron chi connectivity index (χ2n) is 2.53. The Morgan fingerprint density at radius 1 is 1.67 bits per heavy atom. The van der Waals surface area contributed by atoms with Gasteiger partial charge >= 0.3 is 5.97 Å². The van der Waals surface area contributed by atoms with Crippen LogP contribution in [0.2, 0.25) is 0 Å². The highest BCUT2D eigenvalue weighted by molar-refractivity contribution is 6.29. The number of aromatic amines is 1. The number of alkyl halides is 1. The van der Waals surface area contributed by atoms with Gasteiger partial charge < -0.3 is 15.0 Å². The van der Waals surface area contributed by atoms with Crippen molar-refractivity contribution in [2.75, 3.05) is 17.8 Å². The number of hydrogen-bond acceptors (Lipinski definition) is 4. The molecule has 1 heterocycles. The maximum Gasteiger partial charge on any atom is 0.358 e. The number of carbonyl (C=O) groups is 2. The van der Waals surface area contributed by atoms with E-state index in [1.807, 2.05) is 0 Å². The summed E-state index contributed by atoms with van der Waals surface area (Å²) in [7, 11) is 0. The highest BCUT2D eigenvalue weighted by Gasteiger charge is 2.16. The van der Waals surface area contributed by atoms with Crippen LogP contribution in [-0.2, 0) is 9.53 Å². The Morgan fingerprint density at radius 3 is 3.00 bits per heavy atom. The molecule has 0 saturated carbocycles. The molecule has 1 aromatic heterocycles. The van der Waals surface area contributed by atoms with Crippen LogP contribution < -0.4 is 5.32 Å². The molecule has 82 valence electrons. The van der Waals surface area contributed by atoms with Crippen molar-refractivity contribution in [2.24, 2.45) is 0 Å². The zero-order valence-corrected chi connectivity index (χ0v) is 8.80. The van der Waals surface area contributed by atoms with Gasteiger partial charge in [-0.2, -0.15) is 0 Å². The lowest BCUT2D eigenvalue weighted by atomic mass is 10.4. The van der Waals surface area contributed by atoms with Crippen LogP contribution in [0.25, 0.3) is 0 Å². The topological polar surface area (TPSA) is 84.1 Å². The summed E-state index contributed by atoms with van der Waals surface area (Å²) in [5, 5.41) is 2.37. The number of aromatic nitrogens is 2. The van der Waals surface area contributed by atoms with Gasteiger partial charge in [-0.1, -0.05) is 0 Å². The van der Waals surface area contributed by atoms with E-state index in [-0.39, 0.29) is 24.0 Å². The third-order valence-electron chi connectivity index (χ3n) is 1.50. The Labute approximate surface area is 91.0 Å². The molecule has 0 spiro atoms. The lowest BCUT2D eigenvalue weighted by Crippen LogP contribution is -2.16. The number of rotatable bonds is 4. The summed E-state index contributed by atoms with van der Waals surface area (Å²) in [5.74, 6) is -1.08. The minimum Gasteiger partial charge on any atom is -0.461 e. The molecule has 0 aliphatic heterocycles. The standard InChI is InChI=1S/C8H10ClN3O3/c1-2-15-8(14)6-7(11-4-10-6)12-5(13)3-9/h4H,2-3H2,1H3,(H,10,11)(H,12,13). The second kappa shape index (κ2) is 5.35. The van der Waals surface area contributed by atoms with E-state index in [4.69, 9.17) is 16.3 Å². The number of halogens is 1. The zero-order valence-electron chi connectivity index (χ0n) is 8.04. The molecule has 0 aliphatic rings. The lowest BCUT2D eigenvalue weighted by Gasteiger charge is -2.02. The number of esters is 1. The number of nitrogens with one attached hydrogen (secondary N) is 2. The van der Waals surface area contributed by atoms with Gasteiger partial charge in [-0.05, 0) is 6.92 Å². The summed E-state index contributed by atoms with van der Waals surface area (Å²) < 4.78 is 4.75. The number of nitrogens with zero attached hydrogens (tertiary/aromatic N) is 1. The van der Waals surface area contributed by atoms with Crippen LogP contribution in [0.15, 0.2) is 6.33 Å². The Balaban J connectivity index is 2.77. The molecule has 0 aliphatic carbocycles. The van der Waals surface area contributed by atoms with Crippen LogP contribution >= 0.6 is 11.6 Å². The summed E-state index contributed by atoms with van der Waals surface area (Å²) >= 11 is 5.30. The van der Waals surface area contributed by atoms with Crippen molar-refractivity contribution in [1.82, 2.24) is 9.97 Å². The molecule has 15 heavy (non-hydrogen) atoms. The van der Waals surface area contributed by atoms with Crippen LogP contribution in [0.4, 0.5) is 5.82 Å². The zero-order chi connectivity index (χ0) is 11.3. The Kier molecular flexibility index (Phi) is 4.11. The maximum absolute atomic E-state index is 11.3. The average Bonchev–Trinajstić information content (AvgIpc) is 2.66. The first-order valence-corrected chi connectivity index (χ1v) is 4.78. The van der Waals surface area contributed by atoms with Gasteiger partial charge in [0, 0.05) is 0 Å². The summed E-state index contributed by atoms with van der Waals surface area (Å²) in [4.78, 5) is 28.6. The molecule has 0 saturated heterocycles. The highest BCUT2D eigenvalue weighted by Crippen LogP contribution is 2.10. The molecule has 1 aromatic rings. The normalized spacial score (nSPS) is 9.73. The van der Waals surface area contributed by atoms with E-state index in [0.717, 1.165) is 0 Å². The molecule has 0 fully saturated rings. The second-order valence-corrected chi connectivity index (χ2v) is 2.80. The molecule has 0 unspecified atom stereocenters. The molecule has 1 rings (SSSR count). The van der Waals surface area contributed by atoms with Crippen molar-refractivity contribution in [3.05, 3.63) is 12.0 Å². The van der Waals surface area contributed by atoms with E-state index in [0.29, 0.717) is 0 Å². The van der Waals surface area contributed by atoms with E-state index >= 15 is 0 Å². The Hall–Kier alpha value is -1.56. The molecular formula is C8H10ClN3O3. The van der Waals surface area contributed by atoms with Gasteiger partial charge in [-0.15, -0.1) is 11.6 Å². The van der Waals surface area contributed by atoms with Gasteiger partial charge in [0.15, 0.2) is 11.5 Å². The van der Waals surface area contributed by atoms with E-state index in [1.165, 1.54) is 6.33 Å². The van der Waals surface area contributed by atoms with E-state index in [9.17, 15) is 9.59 Å². The van der Waals surface area contributed by atoms with Crippen LogP contribution in [0.1, 0.15) is 17.4 Å². The van der Waals surface area contributed by atoms with Gasteiger partial charge in [0.1, 0.15) is 5.88 Å². The monoisotopic (exact) mass is 231 g/mol.